The summed E-state index contributed by atoms with van der Waals surface area (Å²) in [4.78, 5) is 19.7. The fourth-order valence-electron chi connectivity index (χ4n) is 3.63. The van der Waals surface area contributed by atoms with Gasteiger partial charge in [-0.3, -0.25) is 4.79 Å². The lowest BCUT2D eigenvalue weighted by atomic mass is 10.1. The molecule has 4 rings (SSSR count). The van der Waals surface area contributed by atoms with Crippen LogP contribution < -0.4 is 19.5 Å². The summed E-state index contributed by atoms with van der Waals surface area (Å²) in [5, 5.41) is 4.62. The number of para-hydroxylation sites is 1. The number of thioether (sulfide) groups is 1. The van der Waals surface area contributed by atoms with Crippen molar-refractivity contribution >= 4 is 51.5 Å². The predicted molar refractivity (Wildman–Crippen MR) is 129 cm³/mol. The van der Waals surface area contributed by atoms with Crippen LogP contribution in [-0.2, 0) is 0 Å². The number of hydrogen-bond donors (Lipinski definition) is 1. The monoisotopic (exact) mass is 473 g/mol. The van der Waals surface area contributed by atoms with Crippen molar-refractivity contribution in [3.63, 3.8) is 0 Å². The molecule has 9 heteroatoms. The third-order valence-corrected chi connectivity index (χ3v) is 6.52. The van der Waals surface area contributed by atoms with Gasteiger partial charge in [-0.15, -0.1) is 0 Å². The number of fused-ring (bicyclic) bond motifs is 1. The number of hydrogen-bond acceptors (Lipinski definition) is 7. The average Bonchev–Trinajstić information content (AvgIpc) is 2.83. The summed E-state index contributed by atoms with van der Waals surface area (Å²) in [6.45, 7) is 1.42. The maximum atomic E-state index is 13.2. The third kappa shape index (κ3) is 4.38. The summed E-state index contributed by atoms with van der Waals surface area (Å²) < 4.78 is 16.3. The molecule has 2 heterocycles. The molecule has 2 aromatic carbocycles. The van der Waals surface area contributed by atoms with Gasteiger partial charge in [0.05, 0.1) is 37.7 Å². The molecule has 1 fully saturated rings. The van der Waals surface area contributed by atoms with Crippen LogP contribution in [0.3, 0.4) is 0 Å². The van der Waals surface area contributed by atoms with E-state index in [0.717, 1.165) is 16.9 Å². The minimum atomic E-state index is -0.0964. The van der Waals surface area contributed by atoms with E-state index in [9.17, 15) is 4.79 Å². The van der Waals surface area contributed by atoms with Gasteiger partial charge in [-0.1, -0.05) is 23.7 Å². The van der Waals surface area contributed by atoms with Gasteiger partial charge in [-0.05, 0) is 18.2 Å². The molecule has 0 spiro atoms. The van der Waals surface area contributed by atoms with Crippen molar-refractivity contribution in [1.82, 2.24) is 9.88 Å². The molecular weight excluding hydrogens is 450 g/mol. The molecule has 1 saturated heterocycles. The molecule has 32 heavy (non-hydrogen) atoms. The highest BCUT2D eigenvalue weighted by atomic mass is 35.5. The number of pyridine rings is 1. The Hall–Kier alpha value is -2.84. The van der Waals surface area contributed by atoms with Gasteiger partial charge in [-0.2, -0.15) is 11.8 Å². The summed E-state index contributed by atoms with van der Waals surface area (Å²) in [5.74, 6) is 3.41. The Morgan fingerprint density at radius 3 is 2.41 bits per heavy atom. The highest BCUT2D eigenvalue weighted by molar-refractivity contribution is 7.99. The van der Waals surface area contributed by atoms with Crippen molar-refractivity contribution in [1.29, 1.82) is 0 Å². The Morgan fingerprint density at radius 1 is 1.00 bits per heavy atom. The van der Waals surface area contributed by atoms with Crippen LogP contribution in [-0.4, -0.2) is 61.7 Å². The first-order chi connectivity index (χ1) is 15.5. The van der Waals surface area contributed by atoms with E-state index in [1.54, 1.807) is 39.5 Å². The van der Waals surface area contributed by atoms with Crippen molar-refractivity contribution < 1.29 is 19.0 Å². The van der Waals surface area contributed by atoms with Crippen LogP contribution in [0.5, 0.6) is 17.2 Å². The second-order valence-electron chi connectivity index (χ2n) is 7.13. The lowest BCUT2D eigenvalue weighted by Crippen LogP contribution is -2.38. The molecular formula is C23H24ClN3O4S. The van der Waals surface area contributed by atoms with Crippen molar-refractivity contribution in [3.05, 3.63) is 47.1 Å². The molecule has 1 N–H and O–H groups in total. The maximum absolute atomic E-state index is 13.2. The standard InChI is InChI=1S/C23H24ClN3O4S/c1-29-19-6-4-5-14-16(25-17-11-15(24)20(30-2)13-21(17)31-3)12-18(26-22(14)19)23(28)27-7-9-32-10-8-27/h4-6,11-13H,7-10H2,1-3H3,(H,25,26). The quantitative estimate of drug-likeness (QED) is 0.548. The molecule has 0 atom stereocenters. The number of rotatable bonds is 6. The number of carbonyl (C=O) groups is 1. The Balaban J connectivity index is 1.83. The number of anilines is 2. The molecule has 0 aliphatic carbocycles. The Morgan fingerprint density at radius 2 is 1.72 bits per heavy atom. The van der Waals surface area contributed by atoms with Crippen molar-refractivity contribution in [2.45, 2.75) is 0 Å². The molecule has 0 bridgehead atoms. The van der Waals surface area contributed by atoms with Gasteiger partial charge in [0.2, 0.25) is 0 Å². The van der Waals surface area contributed by atoms with E-state index in [0.29, 0.717) is 57.9 Å². The summed E-state index contributed by atoms with van der Waals surface area (Å²) >= 11 is 8.21. The van der Waals surface area contributed by atoms with Crippen LogP contribution in [0.4, 0.5) is 11.4 Å². The Bertz CT molecular complexity index is 1150. The molecule has 3 aromatic rings. The fraction of sp³-hybridized carbons (Fsp3) is 0.304. The van der Waals surface area contributed by atoms with Gasteiger partial charge < -0.3 is 24.4 Å². The first-order valence-corrected chi connectivity index (χ1v) is 11.6. The summed E-state index contributed by atoms with van der Waals surface area (Å²) in [7, 11) is 4.71. The SMILES string of the molecule is COc1cc(OC)c(Nc2cc(C(=O)N3CCSCC3)nc3c(OC)cccc23)cc1Cl. The largest absolute Gasteiger partial charge is 0.495 e. The zero-order chi connectivity index (χ0) is 22.7. The van der Waals surface area contributed by atoms with Crippen LogP contribution in [0.1, 0.15) is 10.5 Å². The molecule has 0 unspecified atom stereocenters. The number of nitrogens with one attached hydrogen (secondary N) is 1. The minimum absolute atomic E-state index is 0.0964. The number of ether oxygens (including phenoxy) is 3. The van der Waals surface area contributed by atoms with Crippen molar-refractivity contribution in [2.75, 3.05) is 51.2 Å². The van der Waals surface area contributed by atoms with E-state index in [4.69, 9.17) is 25.8 Å². The zero-order valence-corrected chi connectivity index (χ0v) is 19.7. The molecule has 7 nitrogen and oxygen atoms in total. The van der Waals surface area contributed by atoms with E-state index in [-0.39, 0.29) is 5.91 Å². The van der Waals surface area contributed by atoms with Crippen LogP contribution in [0.15, 0.2) is 36.4 Å². The molecule has 168 valence electrons. The van der Waals surface area contributed by atoms with Gasteiger partial charge in [0, 0.05) is 36.0 Å². The first-order valence-electron chi connectivity index (χ1n) is 10.1. The topological polar surface area (TPSA) is 72.9 Å². The Kier molecular flexibility index (Phi) is 6.81. The van der Waals surface area contributed by atoms with Crippen LogP contribution in [0, 0.1) is 0 Å². The smallest absolute Gasteiger partial charge is 0.272 e. The molecule has 0 radical (unpaired) electrons. The summed E-state index contributed by atoms with van der Waals surface area (Å²) in [6.07, 6.45) is 0. The van der Waals surface area contributed by atoms with Gasteiger partial charge in [-0.25, -0.2) is 4.98 Å². The van der Waals surface area contributed by atoms with Gasteiger partial charge >= 0.3 is 0 Å². The second kappa shape index (κ2) is 9.75. The second-order valence-corrected chi connectivity index (χ2v) is 8.76. The van der Waals surface area contributed by atoms with E-state index in [2.05, 4.69) is 10.3 Å². The average molecular weight is 474 g/mol. The van der Waals surface area contributed by atoms with Crippen LogP contribution in [0.2, 0.25) is 5.02 Å². The summed E-state index contributed by atoms with van der Waals surface area (Å²) in [5.41, 5.74) is 2.30. The highest BCUT2D eigenvalue weighted by Gasteiger charge is 2.22. The van der Waals surface area contributed by atoms with E-state index >= 15 is 0 Å². The Labute approximate surface area is 196 Å². The number of methoxy groups -OCH3 is 3. The predicted octanol–water partition coefficient (Wildman–Crippen LogP) is 4.85. The number of halogens is 1. The molecule has 1 amide bonds. The van der Waals surface area contributed by atoms with E-state index in [1.807, 2.05) is 34.9 Å². The minimum Gasteiger partial charge on any atom is -0.495 e. The molecule has 0 saturated carbocycles. The first kappa shape index (κ1) is 22.4. The zero-order valence-electron chi connectivity index (χ0n) is 18.1. The van der Waals surface area contributed by atoms with Crippen LogP contribution >= 0.6 is 23.4 Å². The molecule has 1 aliphatic rings. The van der Waals surface area contributed by atoms with Gasteiger partial charge in [0.25, 0.3) is 5.91 Å². The fourth-order valence-corrected chi connectivity index (χ4v) is 4.78. The molecule has 1 aromatic heterocycles. The number of nitrogens with zero attached hydrogens (tertiary/aromatic N) is 2. The maximum Gasteiger partial charge on any atom is 0.272 e. The van der Waals surface area contributed by atoms with E-state index < -0.39 is 0 Å². The van der Waals surface area contributed by atoms with Gasteiger partial charge in [0.1, 0.15) is 28.5 Å². The number of amides is 1. The lowest BCUT2D eigenvalue weighted by Gasteiger charge is -2.26. The number of aromatic nitrogens is 1. The van der Waals surface area contributed by atoms with Crippen molar-refractivity contribution in [2.24, 2.45) is 0 Å². The number of carbonyl (C=O) groups excluding carboxylic acids is 1. The van der Waals surface area contributed by atoms with Crippen molar-refractivity contribution in [3.8, 4) is 17.2 Å². The molecule has 1 aliphatic heterocycles. The lowest BCUT2D eigenvalue weighted by molar-refractivity contribution is 0.0767. The summed E-state index contributed by atoms with van der Waals surface area (Å²) in [6, 6.07) is 10.9. The third-order valence-electron chi connectivity index (χ3n) is 5.28. The van der Waals surface area contributed by atoms with Crippen LogP contribution in [0.25, 0.3) is 10.9 Å². The van der Waals surface area contributed by atoms with Gasteiger partial charge in [0.15, 0.2) is 0 Å². The van der Waals surface area contributed by atoms with E-state index in [1.165, 1.54) is 0 Å². The highest BCUT2D eigenvalue weighted by Crippen LogP contribution is 2.39. The normalized spacial score (nSPS) is 13.7. The number of benzene rings is 2.